The zero-order valence-corrected chi connectivity index (χ0v) is 22.0. The molecule has 1 aliphatic heterocycles. The highest BCUT2D eigenvalue weighted by Crippen LogP contribution is 2.32. The largest absolute Gasteiger partial charge is 0.490 e. The van der Waals surface area contributed by atoms with Crippen LogP contribution in [0.4, 0.5) is 19.1 Å². The normalized spacial score (nSPS) is 13.6. The van der Waals surface area contributed by atoms with Gasteiger partial charge in [0.25, 0.3) is 5.56 Å². The molecule has 0 spiro atoms. The van der Waals surface area contributed by atoms with Gasteiger partial charge in [-0.2, -0.15) is 13.2 Å². The Hall–Kier alpha value is -3.90. The number of thiophene rings is 1. The van der Waals surface area contributed by atoms with Gasteiger partial charge in [0.2, 0.25) is 5.95 Å². The number of alkyl halides is 3. The number of nitrogens with zero attached hydrogens (tertiary/aromatic N) is 5. The molecule has 202 valence electrons. The summed E-state index contributed by atoms with van der Waals surface area (Å²) in [5, 5.41) is 7.81. The van der Waals surface area contributed by atoms with E-state index in [1.54, 1.807) is 10.9 Å². The fourth-order valence-electron chi connectivity index (χ4n) is 4.37. The van der Waals surface area contributed by atoms with Gasteiger partial charge in [-0.3, -0.25) is 9.36 Å². The topological polar surface area (TPSA) is 93.3 Å². The van der Waals surface area contributed by atoms with Gasteiger partial charge in [0, 0.05) is 30.0 Å². The van der Waals surface area contributed by atoms with Gasteiger partial charge in [0.1, 0.15) is 11.0 Å². The lowest BCUT2D eigenvalue weighted by Crippen LogP contribution is -2.21. The Kier molecular flexibility index (Phi) is 7.08. The Morgan fingerprint density at radius 3 is 2.36 bits per heavy atom. The van der Waals surface area contributed by atoms with Crippen molar-refractivity contribution in [3.63, 3.8) is 0 Å². The SMILES string of the molecule is Cn1c(N2CCCC2)nc2ccc(-n3cnc4cc(-c5ccc(Cl)cc5)sc4c3=O)cc21.O=C(O)C(F)(F)F. The van der Waals surface area contributed by atoms with Crippen molar-refractivity contribution < 1.29 is 23.1 Å². The number of hydrogen-bond donors (Lipinski definition) is 1. The number of carbonyl (C=O) groups is 1. The molecule has 4 heterocycles. The maximum atomic E-state index is 13.3. The Labute approximate surface area is 228 Å². The minimum Gasteiger partial charge on any atom is -0.475 e. The molecule has 13 heteroatoms. The lowest BCUT2D eigenvalue weighted by molar-refractivity contribution is -0.192. The molecular weight excluding hydrogens is 555 g/mol. The van der Waals surface area contributed by atoms with Crippen LogP contribution in [0.15, 0.2) is 59.7 Å². The Balaban J connectivity index is 0.000000392. The fraction of sp³-hybridized carbons (Fsp3) is 0.231. The number of hydrogen-bond acceptors (Lipinski definition) is 6. The van der Waals surface area contributed by atoms with Gasteiger partial charge in [-0.05, 0) is 54.8 Å². The van der Waals surface area contributed by atoms with Crippen molar-refractivity contribution in [2.45, 2.75) is 19.0 Å². The van der Waals surface area contributed by atoms with Crippen LogP contribution in [0.5, 0.6) is 0 Å². The maximum Gasteiger partial charge on any atom is 0.490 e. The third-order valence-corrected chi connectivity index (χ3v) is 7.73. The summed E-state index contributed by atoms with van der Waals surface area (Å²) in [6.07, 6.45) is -1.06. The molecule has 1 saturated heterocycles. The number of carboxylic acid groups (broad SMARTS) is 1. The molecule has 8 nitrogen and oxygen atoms in total. The number of aromatic nitrogens is 4. The highest BCUT2D eigenvalue weighted by molar-refractivity contribution is 7.22. The van der Waals surface area contributed by atoms with Gasteiger partial charge in [-0.25, -0.2) is 14.8 Å². The number of rotatable bonds is 3. The lowest BCUT2D eigenvalue weighted by Gasteiger charge is -2.16. The van der Waals surface area contributed by atoms with E-state index in [9.17, 15) is 18.0 Å². The summed E-state index contributed by atoms with van der Waals surface area (Å²) in [7, 11) is 2.04. The first-order chi connectivity index (χ1) is 18.5. The van der Waals surface area contributed by atoms with E-state index < -0.39 is 12.1 Å². The summed E-state index contributed by atoms with van der Waals surface area (Å²) in [5.74, 6) is -1.77. The summed E-state index contributed by atoms with van der Waals surface area (Å²) in [6.45, 7) is 2.08. The second kappa shape index (κ2) is 10.3. The van der Waals surface area contributed by atoms with Crippen LogP contribution in [-0.2, 0) is 11.8 Å². The summed E-state index contributed by atoms with van der Waals surface area (Å²) in [4.78, 5) is 35.0. The minimum atomic E-state index is -5.08. The number of halogens is 4. The molecule has 1 aliphatic rings. The summed E-state index contributed by atoms with van der Waals surface area (Å²) in [5.41, 5.74) is 4.38. The summed E-state index contributed by atoms with van der Waals surface area (Å²) in [6, 6.07) is 15.5. The molecule has 0 aliphatic carbocycles. The van der Waals surface area contributed by atoms with E-state index in [-0.39, 0.29) is 5.56 Å². The molecule has 3 aromatic heterocycles. The van der Waals surface area contributed by atoms with Crippen molar-refractivity contribution in [3.8, 4) is 16.1 Å². The van der Waals surface area contributed by atoms with Crippen molar-refractivity contribution in [1.29, 1.82) is 0 Å². The van der Waals surface area contributed by atoms with E-state index in [1.807, 2.05) is 55.6 Å². The summed E-state index contributed by atoms with van der Waals surface area (Å²) >= 11 is 7.47. The van der Waals surface area contributed by atoms with E-state index in [0.29, 0.717) is 15.2 Å². The van der Waals surface area contributed by atoms with Crippen molar-refractivity contribution in [1.82, 2.24) is 19.1 Å². The van der Waals surface area contributed by atoms with Crippen molar-refractivity contribution in [3.05, 3.63) is 70.2 Å². The second-order valence-corrected chi connectivity index (χ2v) is 10.4. The van der Waals surface area contributed by atoms with E-state index in [4.69, 9.17) is 26.5 Å². The van der Waals surface area contributed by atoms with Crippen molar-refractivity contribution >= 4 is 56.1 Å². The van der Waals surface area contributed by atoms with Crippen LogP contribution in [0.2, 0.25) is 5.02 Å². The van der Waals surface area contributed by atoms with Gasteiger partial charge in [-0.1, -0.05) is 23.7 Å². The van der Waals surface area contributed by atoms with Gasteiger partial charge < -0.3 is 14.6 Å². The first-order valence-electron chi connectivity index (χ1n) is 11.8. The predicted molar refractivity (Wildman–Crippen MR) is 145 cm³/mol. The number of carboxylic acids is 1. The summed E-state index contributed by atoms with van der Waals surface area (Å²) < 4.78 is 36.1. The molecule has 0 unspecified atom stereocenters. The monoisotopic (exact) mass is 575 g/mol. The van der Waals surface area contributed by atoms with Crippen LogP contribution in [0, 0.1) is 0 Å². The Morgan fingerprint density at radius 1 is 1.05 bits per heavy atom. The first-order valence-corrected chi connectivity index (χ1v) is 13.0. The molecule has 6 rings (SSSR count). The van der Waals surface area contributed by atoms with E-state index in [2.05, 4.69) is 14.5 Å². The standard InChI is InChI=1S/C24H20ClN5OS.C2HF3O2/c1-28-20-12-17(8-9-18(20)27-24(28)29-10-2-3-11-29)30-14-26-19-13-21(32-22(19)23(30)31)15-4-6-16(25)7-5-15;3-2(4,5)1(6)7/h4-9,12-14H,2-3,10-11H2,1H3;(H,6,7). The zero-order chi connectivity index (χ0) is 27.9. The third kappa shape index (κ3) is 5.34. The van der Waals surface area contributed by atoms with Gasteiger partial charge in [0.15, 0.2) is 0 Å². The Morgan fingerprint density at radius 2 is 1.72 bits per heavy atom. The zero-order valence-electron chi connectivity index (χ0n) is 20.4. The predicted octanol–water partition coefficient (Wildman–Crippen LogP) is 5.89. The maximum absolute atomic E-state index is 13.3. The van der Waals surface area contributed by atoms with Crippen LogP contribution in [-0.4, -0.2) is 49.4 Å². The third-order valence-electron chi connectivity index (χ3n) is 6.32. The number of aryl methyl sites for hydroxylation is 1. The van der Waals surface area contributed by atoms with Crippen molar-refractivity contribution in [2.75, 3.05) is 18.0 Å². The van der Waals surface area contributed by atoms with Crippen LogP contribution < -0.4 is 10.5 Å². The molecule has 0 atom stereocenters. The quantitative estimate of drug-likeness (QED) is 0.288. The van der Waals surface area contributed by atoms with E-state index >= 15 is 0 Å². The van der Waals surface area contributed by atoms with Gasteiger partial charge >= 0.3 is 12.1 Å². The first kappa shape index (κ1) is 26.7. The average molecular weight is 576 g/mol. The number of aliphatic carboxylic acids is 1. The van der Waals surface area contributed by atoms with Crippen LogP contribution in [0.1, 0.15) is 12.8 Å². The fourth-order valence-corrected chi connectivity index (χ4v) is 5.54. The highest BCUT2D eigenvalue weighted by Gasteiger charge is 2.38. The number of anilines is 1. The molecule has 5 aromatic rings. The Bertz CT molecular complexity index is 1740. The molecule has 0 bridgehead atoms. The highest BCUT2D eigenvalue weighted by atomic mass is 35.5. The van der Waals surface area contributed by atoms with Crippen LogP contribution in [0.25, 0.3) is 37.4 Å². The minimum absolute atomic E-state index is 0.0681. The number of fused-ring (bicyclic) bond motifs is 2. The lowest BCUT2D eigenvalue weighted by atomic mass is 10.2. The molecule has 1 fully saturated rings. The molecule has 0 saturated carbocycles. The molecule has 0 radical (unpaired) electrons. The molecule has 39 heavy (non-hydrogen) atoms. The second-order valence-electron chi connectivity index (χ2n) is 8.89. The number of imidazole rings is 1. The van der Waals surface area contributed by atoms with Crippen LogP contribution >= 0.6 is 22.9 Å². The molecular formula is C26H21ClF3N5O3S. The smallest absolute Gasteiger partial charge is 0.475 e. The molecule has 2 aromatic carbocycles. The van der Waals surface area contributed by atoms with E-state index in [1.165, 1.54) is 24.2 Å². The van der Waals surface area contributed by atoms with E-state index in [0.717, 1.165) is 46.2 Å². The molecule has 1 N–H and O–H groups in total. The van der Waals surface area contributed by atoms with Gasteiger partial charge in [0.05, 0.1) is 22.2 Å². The molecule has 0 amide bonds. The number of benzene rings is 2. The van der Waals surface area contributed by atoms with Crippen molar-refractivity contribution in [2.24, 2.45) is 7.05 Å². The van der Waals surface area contributed by atoms with Crippen LogP contribution in [0.3, 0.4) is 0 Å². The average Bonchev–Trinajstić information content (AvgIpc) is 3.64. The van der Waals surface area contributed by atoms with Gasteiger partial charge in [-0.15, -0.1) is 11.3 Å².